The number of halogens is 1. The van der Waals surface area contributed by atoms with E-state index >= 15 is 0 Å². The van der Waals surface area contributed by atoms with Crippen LogP contribution in [0.2, 0.25) is 0 Å². The first kappa shape index (κ1) is 14.7. The van der Waals surface area contributed by atoms with Crippen LogP contribution in [0.25, 0.3) is 10.8 Å². The fourth-order valence-electron chi connectivity index (χ4n) is 3.46. The molecule has 0 radical (unpaired) electrons. The Bertz CT molecular complexity index is 608. The predicted octanol–water partition coefficient (Wildman–Crippen LogP) is 5.93. The quantitative estimate of drug-likeness (QED) is 0.636. The van der Waals surface area contributed by atoms with E-state index in [1.807, 2.05) is 0 Å². The Morgan fingerprint density at radius 1 is 1.14 bits per heavy atom. The molecule has 0 spiro atoms. The molecule has 0 bridgehead atoms. The van der Waals surface area contributed by atoms with Gasteiger partial charge in [0.2, 0.25) is 0 Å². The first-order valence-electron chi connectivity index (χ1n) is 8.05. The fraction of sp³-hybridized carbons (Fsp3) is 0.474. The molecule has 1 nitrogen and oxygen atoms in total. The summed E-state index contributed by atoms with van der Waals surface area (Å²) in [5.41, 5.74) is 1.13. The molecule has 1 aliphatic carbocycles. The number of ether oxygens (including phenoxy) is 1. The highest BCUT2D eigenvalue weighted by atomic mass is 35.5. The largest absolute Gasteiger partial charge is 0.490 e. The molecule has 0 aromatic heterocycles. The van der Waals surface area contributed by atoms with Crippen molar-refractivity contribution in [2.24, 2.45) is 5.92 Å². The third kappa shape index (κ3) is 3.18. The molecule has 2 heteroatoms. The molecular weight excluding hydrogens is 280 g/mol. The standard InChI is InChI=1S/C19H23ClO/c1-2-14-6-5-8-16(12-14)21-19-11-10-15-7-3-4-9-17(15)18(19)13-20/h3-4,7,9-11,14,16H,2,5-6,8,12-13H2,1H3. The molecule has 112 valence electrons. The Hall–Kier alpha value is -1.21. The minimum absolute atomic E-state index is 0.354. The Morgan fingerprint density at radius 3 is 2.81 bits per heavy atom. The highest BCUT2D eigenvalue weighted by molar-refractivity contribution is 6.18. The van der Waals surface area contributed by atoms with Crippen LogP contribution in [0.4, 0.5) is 0 Å². The number of benzene rings is 2. The van der Waals surface area contributed by atoms with E-state index in [1.165, 1.54) is 42.9 Å². The smallest absolute Gasteiger partial charge is 0.124 e. The van der Waals surface area contributed by atoms with E-state index in [-0.39, 0.29) is 0 Å². The SMILES string of the molecule is CCC1CCCC(Oc2ccc3ccccc3c2CCl)C1. The van der Waals surface area contributed by atoms with E-state index in [9.17, 15) is 0 Å². The van der Waals surface area contributed by atoms with Gasteiger partial charge in [-0.05, 0) is 42.0 Å². The zero-order chi connectivity index (χ0) is 14.7. The second-order valence-electron chi connectivity index (χ2n) is 6.08. The third-order valence-corrected chi connectivity index (χ3v) is 5.00. The number of hydrogen-bond donors (Lipinski definition) is 0. The fourth-order valence-corrected chi connectivity index (χ4v) is 3.74. The van der Waals surface area contributed by atoms with Gasteiger partial charge in [-0.1, -0.05) is 50.1 Å². The monoisotopic (exact) mass is 302 g/mol. The zero-order valence-electron chi connectivity index (χ0n) is 12.6. The molecular formula is C19H23ClO. The van der Waals surface area contributed by atoms with Gasteiger partial charge in [0.15, 0.2) is 0 Å². The molecule has 1 aliphatic rings. The normalized spacial score (nSPS) is 22.4. The highest BCUT2D eigenvalue weighted by Crippen LogP contribution is 2.34. The lowest BCUT2D eigenvalue weighted by molar-refractivity contribution is 0.121. The third-order valence-electron chi connectivity index (χ3n) is 4.74. The molecule has 0 aliphatic heterocycles. The van der Waals surface area contributed by atoms with E-state index in [0.29, 0.717) is 12.0 Å². The Morgan fingerprint density at radius 2 is 2.00 bits per heavy atom. The van der Waals surface area contributed by atoms with E-state index in [2.05, 4.69) is 43.3 Å². The molecule has 2 unspecified atom stereocenters. The average Bonchev–Trinajstić information content (AvgIpc) is 2.55. The van der Waals surface area contributed by atoms with Crippen LogP contribution in [0, 0.1) is 5.92 Å². The van der Waals surface area contributed by atoms with Gasteiger partial charge >= 0.3 is 0 Å². The van der Waals surface area contributed by atoms with Gasteiger partial charge in [-0.3, -0.25) is 0 Å². The summed E-state index contributed by atoms with van der Waals surface area (Å²) >= 11 is 6.20. The maximum atomic E-state index is 6.33. The lowest BCUT2D eigenvalue weighted by Gasteiger charge is -2.29. The van der Waals surface area contributed by atoms with E-state index < -0.39 is 0 Å². The van der Waals surface area contributed by atoms with Crippen LogP contribution in [0.3, 0.4) is 0 Å². The van der Waals surface area contributed by atoms with Crippen molar-refractivity contribution in [1.82, 2.24) is 0 Å². The van der Waals surface area contributed by atoms with Gasteiger partial charge in [0.1, 0.15) is 5.75 Å². The molecule has 1 fully saturated rings. The summed E-state index contributed by atoms with van der Waals surface area (Å²) in [5, 5.41) is 2.45. The highest BCUT2D eigenvalue weighted by Gasteiger charge is 2.23. The Kier molecular flexibility index (Phi) is 4.70. The van der Waals surface area contributed by atoms with Crippen LogP contribution in [0.5, 0.6) is 5.75 Å². The van der Waals surface area contributed by atoms with Crippen molar-refractivity contribution in [1.29, 1.82) is 0 Å². The summed E-state index contributed by atoms with van der Waals surface area (Å²) < 4.78 is 6.33. The summed E-state index contributed by atoms with van der Waals surface area (Å²) in [6, 6.07) is 12.6. The number of alkyl halides is 1. The molecule has 1 saturated carbocycles. The minimum Gasteiger partial charge on any atom is -0.490 e. The van der Waals surface area contributed by atoms with Crippen LogP contribution in [0.1, 0.15) is 44.6 Å². The molecule has 0 saturated heterocycles. The lowest BCUT2D eigenvalue weighted by atomic mass is 9.85. The molecule has 0 amide bonds. The van der Waals surface area contributed by atoms with Crippen molar-refractivity contribution >= 4 is 22.4 Å². The number of fused-ring (bicyclic) bond motifs is 1. The van der Waals surface area contributed by atoms with E-state index in [4.69, 9.17) is 16.3 Å². The van der Waals surface area contributed by atoms with Gasteiger partial charge in [0.05, 0.1) is 12.0 Å². The van der Waals surface area contributed by atoms with Gasteiger partial charge in [-0.2, -0.15) is 0 Å². The Balaban J connectivity index is 1.86. The van der Waals surface area contributed by atoms with Crippen LogP contribution < -0.4 is 4.74 Å². The molecule has 21 heavy (non-hydrogen) atoms. The van der Waals surface area contributed by atoms with Gasteiger partial charge in [-0.25, -0.2) is 0 Å². The molecule has 2 aromatic rings. The summed E-state index contributed by atoms with van der Waals surface area (Å²) in [6.07, 6.45) is 6.62. The minimum atomic E-state index is 0.354. The topological polar surface area (TPSA) is 9.23 Å². The van der Waals surface area contributed by atoms with Crippen LogP contribution in [0.15, 0.2) is 36.4 Å². The number of rotatable bonds is 4. The predicted molar refractivity (Wildman–Crippen MR) is 90.2 cm³/mol. The van der Waals surface area contributed by atoms with Gasteiger partial charge in [0, 0.05) is 5.56 Å². The van der Waals surface area contributed by atoms with Gasteiger partial charge in [-0.15, -0.1) is 11.6 Å². The summed E-state index contributed by atoms with van der Waals surface area (Å²) in [5.74, 6) is 2.30. The number of hydrogen-bond acceptors (Lipinski definition) is 1. The van der Waals surface area contributed by atoms with E-state index in [0.717, 1.165) is 17.2 Å². The van der Waals surface area contributed by atoms with Crippen LogP contribution >= 0.6 is 11.6 Å². The molecule has 0 heterocycles. The van der Waals surface area contributed by atoms with Crippen LogP contribution in [-0.2, 0) is 5.88 Å². The summed E-state index contributed by atoms with van der Waals surface area (Å²) in [6.45, 7) is 2.28. The van der Waals surface area contributed by atoms with Crippen molar-refractivity contribution in [3.05, 3.63) is 42.0 Å². The van der Waals surface area contributed by atoms with E-state index in [1.54, 1.807) is 0 Å². The lowest BCUT2D eigenvalue weighted by Crippen LogP contribution is -2.25. The van der Waals surface area contributed by atoms with Gasteiger partial charge < -0.3 is 4.74 Å². The van der Waals surface area contributed by atoms with Crippen molar-refractivity contribution in [3.8, 4) is 5.75 Å². The first-order chi connectivity index (χ1) is 10.3. The molecule has 2 atom stereocenters. The second kappa shape index (κ2) is 6.70. The second-order valence-corrected chi connectivity index (χ2v) is 6.35. The molecule has 2 aromatic carbocycles. The Labute approximate surface area is 132 Å². The first-order valence-corrected chi connectivity index (χ1v) is 8.58. The molecule has 0 N–H and O–H groups in total. The summed E-state index contributed by atoms with van der Waals surface area (Å²) in [7, 11) is 0. The van der Waals surface area contributed by atoms with Crippen molar-refractivity contribution in [3.63, 3.8) is 0 Å². The van der Waals surface area contributed by atoms with Crippen molar-refractivity contribution in [2.45, 2.75) is 51.0 Å². The average molecular weight is 303 g/mol. The van der Waals surface area contributed by atoms with Crippen molar-refractivity contribution < 1.29 is 4.74 Å². The summed E-state index contributed by atoms with van der Waals surface area (Å²) in [4.78, 5) is 0. The maximum Gasteiger partial charge on any atom is 0.124 e. The molecule has 3 rings (SSSR count). The zero-order valence-corrected chi connectivity index (χ0v) is 13.4. The van der Waals surface area contributed by atoms with Crippen molar-refractivity contribution in [2.75, 3.05) is 0 Å². The van der Waals surface area contributed by atoms with Crippen LogP contribution in [-0.4, -0.2) is 6.10 Å². The maximum absolute atomic E-state index is 6.33. The van der Waals surface area contributed by atoms with Gasteiger partial charge in [0.25, 0.3) is 0 Å².